The van der Waals surface area contributed by atoms with Crippen LogP contribution >= 0.6 is 12.4 Å². The molecule has 6 nitrogen and oxygen atoms in total. The molecule has 2 aromatic rings. The van der Waals surface area contributed by atoms with Gasteiger partial charge in [0.15, 0.2) is 0 Å². The number of anilines is 1. The van der Waals surface area contributed by atoms with E-state index in [9.17, 15) is 22.4 Å². The van der Waals surface area contributed by atoms with Crippen molar-refractivity contribution in [3.63, 3.8) is 0 Å². The van der Waals surface area contributed by atoms with Crippen molar-refractivity contribution in [2.45, 2.75) is 38.9 Å². The maximum atomic E-state index is 14.4. The second-order valence-corrected chi connectivity index (χ2v) is 7.05. The second kappa shape index (κ2) is 9.17. The molecule has 11 heteroatoms. The zero-order valence-corrected chi connectivity index (χ0v) is 16.7. The number of hydrogen-bond donors (Lipinski definition) is 3. The summed E-state index contributed by atoms with van der Waals surface area (Å²) in [6.07, 6.45) is -3.18. The summed E-state index contributed by atoms with van der Waals surface area (Å²) in [4.78, 5) is 11.1. The standard InChI is InChI=1S/C18H22F4N4O2.ClH/c1-3-10-8-23-5-4-12(10)9(2)24-14-7-11(16-25-26-17(27)28-16)6-13(19)15(14)18(20,21)22;/h6-7,9-10,12,23-24H,3-5,8H2,1-2H3,(H,26,27);1H/t9-,10+,12+;/m0./s1. The van der Waals surface area contributed by atoms with E-state index in [1.807, 2.05) is 12.0 Å². The first kappa shape index (κ1) is 23.2. The quantitative estimate of drug-likeness (QED) is 0.613. The maximum Gasteiger partial charge on any atom is 0.434 e. The highest BCUT2D eigenvalue weighted by atomic mass is 35.5. The van der Waals surface area contributed by atoms with Crippen molar-refractivity contribution in [1.29, 1.82) is 0 Å². The van der Waals surface area contributed by atoms with E-state index in [0.29, 0.717) is 12.0 Å². The number of rotatable bonds is 5. The predicted molar refractivity (Wildman–Crippen MR) is 103 cm³/mol. The van der Waals surface area contributed by atoms with Gasteiger partial charge in [-0.3, -0.25) is 0 Å². The molecule has 0 radical (unpaired) electrons. The van der Waals surface area contributed by atoms with Crippen LogP contribution in [0.1, 0.15) is 32.3 Å². The molecule has 1 aliphatic rings. The molecule has 0 saturated carbocycles. The van der Waals surface area contributed by atoms with E-state index in [-0.39, 0.29) is 35.8 Å². The molecule has 0 amide bonds. The number of aromatic nitrogens is 2. The zero-order chi connectivity index (χ0) is 20.5. The Hall–Kier alpha value is -2.07. The monoisotopic (exact) mass is 438 g/mol. The lowest BCUT2D eigenvalue weighted by atomic mass is 9.80. The van der Waals surface area contributed by atoms with Crippen LogP contribution in [-0.2, 0) is 6.18 Å². The summed E-state index contributed by atoms with van der Waals surface area (Å²) >= 11 is 0. The van der Waals surface area contributed by atoms with Crippen LogP contribution in [0.5, 0.6) is 0 Å². The molecule has 0 aliphatic carbocycles. The van der Waals surface area contributed by atoms with Gasteiger partial charge >= 0.3 is 11.9 Å². The third-order valence-corrected chi connectivity index (χ3v) is 5.28. The van der Waals surface area contributed by atoms with Gasteiger partial charge in [-0.2, -0.15) is 13.2 Å². The van der Waals surface area contributed by atoms with Gasteiger partial charge in [-0.25, -0.2) is 14.3 Å². The van der Waals surface area contributed by atoms with Gasteiger partial charge in [-0.15, -0.1) is 17.5 Å². The van der Waals surface area contributed by atoms with Gasteiger partial charge in [0.05, 0.1) is 5.69 Å². The van der Waals surface area contributed by atoms with E-state index in [1.54, 1.807) is 6.92 Å². The number of aromatic amines is 1. The predicted octanol–water partition coefficient (Wildman–Crippen LogP) is 4.05. The molecule has 3 atom stereocenters. The van der Waals surface area contributed by atoms with Crippen molar-refractivity contribution in [2.24, 2.45) is 11.8 Å². The van der Waals surface area contributed by atoms with E-state index < -0.39 is 29.0 Å². The van der Waals surface area contributed by atoms with E-state index in [4.69, 9.17) is 4.42 Å². The number of alkyl halides is 3. The fourth-order valence-corrected chi connectivity index (χ4v) is 3.89. The minimum Gasteiger partial charge on any atom is -0.388 e. The normalized spacial score (nSPS) is 20.8. The smallest absolute Gasteiger partial charge is 0.388 e. The fraction of sp³-hybridized carbons (Fsp3) is 0.556. The van der Waals surface area contributed by atoms with Crippen LogP contribution < -0.4 is 16.4 Å². The van der Waals surface area contributed by atoms with Gasteiger partial charge in [0, 0.05) is 11.6 Å². The molecular weight excluding hydrogens is 416 g/mol. The zero-order valence-electron chi connectivity index (χ0n) is 15.9. The van der Waals surface area contributed by atoms with Gasteiger partial charge in [-0.1, -0.05) is 13.3 Å². The molecule has 0 unspecified atom stereocenters. The first-order valence-electron chi connectivity index (χ1n) is 9.14. The second-order valence-electron chi connectivity index (χ2n) is 7.05. The molecule has 29 heavy (non-hydrogen) atoms. The molecule has 0 spiro atoms. The third kappa shape index (κ3) is 5.11. The number of halogens is 5. The molecule has 1 aromatic carbocycles. The summed E-state index contributed by atoms with van der Waals surface area (Å²) in [7, 11) is 0. The Balaban J connectivity index is 0.00000300. The molecule has 3 rings (SSSR count). The van der Waals surface area contributed by atoms with Crippen LogP contribution in [0, 0.1) is 17.7 Å². The highest BCUT2D eigenvalue weighted by Gasteiger charge is 2.39. The number of benzene rings is 1. The highest BCUT2D eigenvalue weighted by Crippen LogP contribution is 2.40. The molecule has 162 valence electrons. The summed E-state index contributed by atoms with van der Waals surface area (Å²) < 4.78 is 59.7. The minimum atomic E-state index is -4.88. The molecule has 0 bridgehead atoms. The van der Waals surface area contributed by atoms with Crippen LogP contribution in [-0.4, -0.2) is 29.3 Å². The summed E-state index contributed by atoms with van der Waals surface area (Å²) in [5.41, 5.74) is -1.83. The fourth-order valence-electron chi connectivity index (χ4n) is 3.89. The van der Waals surface area contributed by atoms with Gasteiger partial charge in [0.25, 0.3) is 0 Å². The summed E-state index contributed by atoms with van der Waals surface area (Å²) in [5.74, 6) is -2.16. The van der Waals surface area contributed by atoms with E-state index in [2.05, 4.69) is 15.7 Å². The van der Waals surface area contributed by atoms with Gasteiger partial charge in [0.2, 0.25) is 5.89 Å². The van der Waals surface area contributed by atoms with Crippen LogP contribution in [0.2, 0.25) is 0 Å². The van der Waals surface area contributed by atoms with E-state index in [0.717, 1.165) is 32.0 Å². The number of nitrogens with one attached hydrogen (secondary N) is 3. The number of H-pyrrole nitrogens is 1. The average Bonchev–Trinajstić information content (AvgIpc) is 3.06. The lowest BCUT2D eigenvalue weighted by Crippen LogP contribution is -2.43. The van der Waals surface area contributed by atoms with Gasteiger partial charge in [-0.05, 0) is 50.4 Å². The largest absolute Gasteiger partial charge is 0.434 e. The molecule has 2 heterocycles. The van der Waals surface area contributed by atoms with Crippen molar-refractivity contribution in [1.82, 2.24) is 15.5 Å². The van der Waals surface area contributed by atoms with Crippen molar-refractivity contribution < 1.29 is 22.0 Å². The van der Waals surface area contributed by atoms with E-state index >= 15 is 0 Å². The van der Waals surface area contributed by atoms with Crippen molar-refractivity contribution >= 4 is 18.1 Å². The van der Waals surface area contributed by atoms with Crippen LogP contribution in [0.3, 0.4) is 0 Å². The lowest BCUT2D eigenvalue weighted by Gasteiger charge is -2.37. The summed E-state index contributed by atoms with van der Waals surface area (Å²) in [6.45, 7) is 5.43. The first-order valence-corrected chi connectivity index (χ1v) is 9.14. The molecule has 1 fully saturated rings. The molecule has 3 N–H and O–H groups in total. The molecule has 1 aromatic heterocycles. The van der Waals surface area contributed by atoms with Gasteiger partial charge < -0.3 is 15.1 Å². The SMILES string of the molecule is CC[C@@H]1CNCC[C@@H]1[C@H](C)Nc1cc(-c2n[nH]c(=O)o2)cc(F)c1C(F)(F)F.Cl. The number of nitrogens with zero attached hydrogens (tertiary/aromatic N) is 1. The van der Waals surface area contributed by atoms with Crippen LogP contribution in [0.15, 0.2) is 21.3 Å². The minimum absolute atomic E-state index is 0. The van der Waals surface area contributed by atoms with Crippen LogP contribution in [0.4, 0.5) is 23.2 Å². The Morgan fingerprint density at radius 2 is 2.10 bits per heavy atom. The van der Waals surface area contributed by atoms with Crippen molar-refractivity contribution in [3.8, 4) is 11.5 Å². The first-order chi connectivity index (χ1) is 13.2. The Labute approximate surface area is 170 Å². The maximum absolute atomic E-state index is 14.4. The third-order valence-electron chi connectivity index (χ3n) is 5.28. The Morgan fingerprint density at radius 3 is 2.69 bits per heavy atom. The summed E-state index contributed by atoms with van der Waals surface area (Å²) in [5, 5.41) is 11.7. The van der Waals surface area contributed by atoms with Crippen molar-refractivity contribution in [2.75, 3.05) is 18.4 Å². The number of piperidine rings is 1. The lowest BCUT2D eigenvalue weighted by molar-refractivity contribution is -0.139. The molecular formula is C18H23ClF4N4O2. The van der Waals surface area contributed by atoms with Gasteiger partial charge in [0.1, 0.15) is 11.4 Å². The summed E-state index contributed by atoms with van der Waals surface area (Å²) in [6, 6.07) is 1.47. The highest BCUT2D eigenvalue weighted by molar-refractivity contribution is 5.85. The topological polar surface area (TPSA) is 83.0 Å². The van der Waals surface area contributed by atoms with E-state index in [1.165, 1.54) is 0 Å². The Morgan fingerprint density at radius 1 is 1.38 bits per heavy atom. The van der Waals surface area contributed by atoms with Crippen LogP contribution in [0.25, 0.3) is 11.5 Å². The Kier molecular flexibility index (Phi) is 7.34. The average molecular weight is 439 g/mol. The molecule has 1 saturated heterocycles. The molecule has 1 aliphatic heterocycles. The number of hydrogen-bond acceptors (Lipinski definition) is 5. The Bertz CT molecular complexity index is 883. The van der Waals surface area contributed by atoms with Crippen molar-refractivity contribution in [3.05, 3.63) is 34.1 Å².